The molecular weight excluding hydrogens is 272 g/mol. The number of hydrogen-bond acceptors (Lipinski definition) is 2. The van der Waals surface area contributed by atoms with Crippen molar-refractivity contribution in [3.63, 3.8) is 0 Å². The Hall–Kier alpha value is -0.370. The van der Waals surface area contributed by atoms with Crippen molar-refractivity contribution in [2.24, 2.45) is 28.6 Å². The van der Waals surface area contributed by atoms with Gasteiger partial charge in [0.15, 0.2) is 0 Å². The first kappa shape index (κ1) is 18.0. The lowest BCUT2D eigenvalue weighted by atomic mass is 9.45. The number of aliphatic hydroxyl groups is 1. The Morgan fingerprint density at radius 2 is 1.86 bits per heavy atom. The Balaban J connectivity index is 2.20. The first-order chi connectivity index (χ1) is 10.1. The first-order valence-electron chi connectivity index (χ1n) is 9.29. The molecule has 0 spiro atoms. The highest BCUT2D eigenvalue weighted by Crippen LogP contribution is 2.62. The molecule has 1 N–H and O–H groups in total. The van der Waals surface area contributed by atoms with Crippen LogP contribution in [0.15, 0.2) is 0 Å². The van der Waals surface area contributed by atoms with Crippen molar-refractivity contribution < 1.29 is 9.90 Å². The third kappa shape index (κ3) is 3.27. The van der Waals surface area contributed by atoms with Crippen molar-refractivity contribution in [2.75, 3.05) is 0 Å². The molecule has 0 heterocycles. The van der Waals surface area contributed by atoms with Gasteiger partial charge in [-0.3, -0.25) is 0 Å². The van der Waals surface area contributed by atoms with E-state index in [1.54, 1.807) is 0 Å². The first-order valence-corrected chi connectivity index (χ1v) is 9.29. The molecule has 0 bridgehead atoms. The molecule has 0 radical (unpaired) electrons. The molecule has 2 aliphatic rings. The number of carbonyl (C=O) groups excluding carboxylic acids is 1. The summed E-state index contributed by atoms with van der Waals surface area (Å²) in [5.41, 5.74) is 0.111. The van der Waals surface area contributed by atoms with Gasteiger partial charge in [0.05, 0.1) is 5.60 Å². The van der Waals surface area contributed by atoms with Gasteiger partial charge in [0.25, 0.3) is 0 Å². The highest BCUT2D eigenvalue weighted by molar-refractivity contribution is 5.49. The van der Waals surface area contributed by atoms with E-state index in [0.717, 1.165) is 37.9 Å². The fourth-order valence-corrected chi connectivity index (χ4v) is 6.00. The molecule has 2 fully saturated rings. The third-order valence-electron chi connectivity index (χ3n) is 7.21. The van der Waals surface area contributed by atoms with E-state index in [-0.39, 0.29) is 5.41 Å². The summed E-state index contributed by atoms with van der Waals surface area (Å²) in [4.78, 5) is 10.7. The van der Waals surface area contributed by atoms with Crippen molar-refractivity contribution in [1.29, 1.82) is 0 Å². The number of rotatable bonds is 5. The maximum Gasteiger partial charge on any atom is 0.120 e. The lowest BCUT2D eigenvalue weighted by molar-refractivity contribution is -0.170. The molecule has 0 unspecified atom stereocenters. The molecule has 0 aliphatic heterocycles. The molecule has 22 heavy (non-hydrogen) atoms. The summed E-state index contributed by atoms with van der Waals surface area (Å²) in [6.07, 6.45) is 9.77. The molecule has 0 amide bonds. The van der Waals surface area contributed by atoms with Crippen molar-refractivity contribution in [3.8, 4) is 0 Å². The van der Waals surface area contributed by atoms with Crippen LogP contribution in [0.1, 0.15) is 86.0 Å². The molecule has 0 aromatic heterocycles. The number of hydrogen-bond donors (Lipinski definition) is 1. The van der Waals surface area contributed by atoms with Crippen LogP contribution in [0.4, 0.5) is 0 Å². The summed E-state index contributed by atoms with van der Waals surface area (Å²) in [5.74, 6) is 1.53. The van der Waals surface area contributed by atoms with Crippen LogP contribution >= 0.6 is 0 Å². The van der Waals surface area contributed by atoms with E-state index >= 15 is 0 Å². The zero-order valence-electron chi connectivity index (χ0n) is 15.3. The van der Waals surface area contributed by atoms with Gasteiger partial charge in [0.2, 0.25) is 0 Å². The molecule has 2 rings (SSSR count). The lowest BCUT2D eigenvalue weighted by Crippen LogP contribution is -2.57. The van der Waals surface area contributed by atoms with Crippen molar-refractivity contribution in [1.82, 2.24) is 0 Å². The molecule has 5 atom stereocenters. The fourth-order valence-electron chi connectivity index (χ4n) is 6.00. The second-order valence-corrected chi connectivity index (χ2v) is 9.43. The largest absolute Gasteiger partial charge is 0.390 e. The van der Waals surface area contributed by atoms with Gasteiger partial charge in [-0.05, 0) is 74.0 Å². The van der Waals surface area contributed by atoms with E-state index in [2.05, 4.69) is 34.6 Å². The van der Waals surface area contributed by atoms with E-state index in [9.17, 15) is 9.90 Å². The van der Waals surface area contributed by atoms with E-state index in [0.29, 0.717) is 23.7 Å². The highest BCUT2D eigenvalue weighted by atomic mass is 16.3. The van der Waals surface area contributed by atoms with Gasteiger partial charge in [0, 0.05) is 6.42 Å². The molecule has 0 saturated heterocycles. The van der Waals surface area contributed by atoms with E-state index in [1.807, 2.05) is 0 Å². The van der Waals surface area contributed by atoms with Gasteiger partial charge < -0.3 is 9.90 Å². The normalized spacial score (nSPS) is 42.5. The maximum atomic E-state index is 11.1. The predicted octanol–water partition coefficient (Wildman–Crippen LogP) is 4.99. The Kier molecular flexibility index (Phi) is 5.12. The third-order valence-corrected chi connectivity index (χ3v) is 7.21. The zero-order chi connectivity index (χ0) is 16.6. The van der Waals surface area contributed by atoms with E-state index in [4.69, 9.17) is 0 Å². The summed E-state index contributed by atoms with van der Waals surface area (Å²) in [7, 11) is 0. The quantitative estimate of drug-likeness (QED) is 0.727. The average Bonchev–Trinajstić information content (AvgIpc) is 2.36. The van der Waals surface area contributed by atoms with Crippen molar-refractivity contribution in [3.05, 3.63) is 0 Å². The average molecular weight is 309 g/mol. The van der Waals surface area contributed by atoms with Gasteiger partial charge in [-0.15, -0.1) is 0 Å². The minimum Gasteiger partial charge on any atom is -0.390 e. The summed E-state index contributed by atoms with van der Waals surface area (Å²) in [6.45, 7) is 11.5. The van der Waals surface area contributed by atoms with Crippen LogP contribution in [0.25, 0.3) is 0 Å². The van der Waals surface area contributed by atoms with Gasteiger partial charge in [0.1, 0.15) is 6.29 Å². The monoisotopic (exact) mass is 308 g/mol. The Morgan fingerprint density at radius 3 is 2.50 bits per heavy atom. The number of aldehydes is 1. The SMILES string of the molecule is C[C@H](CC=O)CC[C@@H]1[C@@]2(C)CCCC(C)(C)[C@@H]2CC[C@@]1(C)O. The standard InChI is InChI=1S/C20H36O2/c1-15(10-14-21)7-8-17-19(4)12-6-11-18(2,3)16(19)9-13-20(17,5)22/h14-17,22H,6-13H2,1-5H3/t15-,16-,17+,19-,20+/m0/s1. The molecule has 2 nitrogen and oxygen atoms in total. The second kappa shape index (κ2) is 6.26. The lowest BCUT2D eigenvalue weighted by Gasteiger charge is -2.61. The van der Waals surface area contributed by atoms with E-state index in [1.165, 1.54) is 19.3 Å². The number of carbonyl (C=O) groups is 1. The van der Waals surface area contributed by atoms with Gasteiger partial charge in [-0.25, -0.2) is 0 Å². The van der Waals surface area contributed by atoms with Crippen LogP contribution in [-0.4, -0.2) is 17.0 Å². The van der Waals surface area contributed by atoms with Crippen LogP contribution in [0, 0.1) is 28.6 Å². The van der Waals surface area contributed by atoms with Crippen LogP contribution < -0.4 is 0 Å². The van der Waals surface area contributed by atoms with Gasteiger partial charge in [-0.1, -0.05) is 34.1 Å². The van der Waals surface area contributed by atoms with Gasteiger partial charge >= 0.3 is 0 Å². The summed E-state index contributed by atoms with van der Waals surface area (Å²) in [5, 5.41) is 11.1. The van der Waals surface area contributed by atoms with Crippen LogP contribution in [0.3, 0.4) is 0 Å². The predicted molar refractivity (Wildman–Crippen MR) is 91.7 cm³/mol. The fraction of sp³-hybridized carbons (Fsp3) is 0.950. The molecular formula is C20H36O2. The topological polar surface area (TPSA) is 37.3 Å². The molecule has 128 valence electrons. The van der Waals surface area contributed by atoms with Crippen molar-refractivity contribution >= 4 is 6.29 Å². The van der Waals surface area contributed by atoms with Gasteiger partial charge in [-0.2, -0.15) is 0 Å². The molecule has 0 aromatic rings. The second-order valence-electron chi connectivity index (χ2n) is 9.43. The van der Waals surface area contributed by atoms with Crippen LogP contribution in [0.2, 0.25) is 0 Å². The smallest absolute Gasteiger partial charge is 0.120 e. The number of fused-ring (bicyclic) bond motifs is 1. The van der Waals surface area contributed by atoms with Crippen molar-refractivity contribution in [2.45, 2.75) is 91.6 Å². The summed E-state index contributed by atoms with van der Waals surface area (Å²) >= 11 is 0. The minimum atomic E-state index is -0.542. The molecule has 0 aromatic carbocycles. The molecule has 2 heteroatoms. The van der Waals surface area contributed by atoms with E-state index < -0.39 is 5.60 Å². The highest BCUT2D eigenvalue weighted by Gasteiger charge is 2.57. The molecule has 2 saturated carbocycles. The summed E-state index contributed by atoms with van der Waals surface area (Å²) < 4.78 is 0. The Morgan fingerprint density at radius 1 is 1.18 bits per heavy atom. The van der Waals surface area contributed by atoms with Crippen LogP contribution in [0.5, 0.6) is 0 Å². The molecule has 2 aliphatic carbocycles. The summed E-state index contributed by atoms with van der Waals surface area (Å²) in [6, 6.07) is 0. The maximum absolute atomic E-state index is 11.1. The Bertz CT molecular complexity index is 399. The zero-order valence-corrected chi connectivity index (χ0v) is 15.3. The minimum absolute atomic E-state index is 0.254. The van der Waals surface area contributed by atoms with Crippen LogP contribution in [-0.2, 0) is 4.79 Å². The Labute approximate surface area is 137 Å².